The average Bonchev–Trinajstić information content (AvgIpc) is 2.71. The molecule has 11 heavy (non-hydrogen) atoms. The predicted octanol–water partition coefficient (Wildman–Crippen LogP) is 1.17. The Morgan fingerprint density at radius 2 is 1.45 bits per heavy atom. The van der Waals surface area contributed by atoms with Crippen LogP contribution in [0.25, 0.3) is 0 Å². The van der Waals surface area contributed by atoms with Gasteiger partial charge in [-0.1, -0.05) is 19.3 Å². The molecule has 0 amide bonds. The summed E-state index contributed by atoms with van der Waals surface area (Å²) in [6.45, 7) is 0. The third-order valence-corrected chi connectivity index (χ3v) is 3.40. The molecule has 3 N–H and O–H groups in total. The molecule has 0 radical (unpaired) electrons. The lowest BCUT2D eigenvalue weighted by Crippen LogP contribution is -2.53. The van der Waals surface area contributed by atoms with Gasteiger partial charge in [0.1, 0.15) is 0 Å². The van der Waals surface area contributed by atoms with E-state index in [4.69, 9.17) is 5.73 Å². The van der Waals surface area contributed by atoms with E-state index in [-0.39, 0.29) is 5.54 Å². The first-order valence-electron chi connectivity index (χ1n) is 4.68. The van der Waals surface area contributed by atoms with E-state index >= 15 is 0 Å². The van der Waals surface area contributed by atoms with Crippen LogP contribution in [0.5, 0.6) is 0 Å². The fraction of sp³-hybridized carbons (Fsp3) is 1.00. The van der Waals surface area contributed by atoms with Crippen LogP contribution >= 0.6 is 0 Å². The largest absolute Gasteiger partial charge is 0.388 e. The van der Waals surface area contributed by atoms with Gasteiger partial charge < -0.3 is 10.8 Å². The summed E-state index contributed by atoms with van der Waals surface area (Å²) >= 11 is 0. The molecule has 0 aromatic carbocycles. The smallest absolute Gasteiger partial charge is 0.0828 e. The monoisotopic (exact) mass is 155 g/mol. The van der Waals surface area contributed by atoms with Gasteiger partial charge in [-0.3, -0.25) is 0 Å². The molecule has 0 spiro atoms. The molecule has 0 aliphatic heterocycles. The van der Waals surface area contributed by atoms with Crippen molar-refractivity contribution in [3.05, 3.63) is 0 Å². The van der Waals surface area contributed by atoms with E-state index in [1.807, 2.05) is 0 Å². The highest BCUT2D eigenvalue weighted by atomic mass is 16.3. The van der Waals surface area contributed by atoms with Crippen LogP contribution in [0.3, 0.4) is 0 Å². The van der Waals surface area contributed by atoms with Crippen molar-refractivity contribution in [2.75, 3.05) is 0 Å². The third-order valence-electron chi connectivity index (χ3n) is 3.40. The van der Waals surface area contributed by atoms with Crippen LogP contribution in [-0.4, -0.2) is 16.2 Å². The minimum absolute atomic E-state index is 0.217. The summed E-state index contributed by atoms with van der Waals surface area (Å²) in [5.41, 5.74) is 5.47. The van der Waals surface area contributed by atoms with E-state index in [0.717, 1.165) is 25.7 Å². The van der Waals surface area contributed by atoms with E-state index < -0.39 is 5.60 Å². The summed E-state index contributed by atoms with van der Waals surface area (Å²) in [6.07, 6.45) is 7.65. The first-order chi connectivity index (χ1) is 5.16. The first kappa shape index (κ1) is 7.56. The summed E-state index contributed by atoms with van der Waals surface area (Å²) in [4.78, 5) is 0. The molecule has 64 valence electrons. The van der Waals surface area contributed by atoms with Gasteiger partial charge in [-0.2, -0.15) is 0 Å². The molecule has 2 heteroatoms. The normalized spacial score (nSPS) is 33.3. The van der Waals surface area contributed by atoms with Crippen molar-refractivity contribution in [1.29, 1.82) is 0 Å². The Morgan fingerprint density at radius 3 is 1.91 bits per heavy atom. The van der Waals surface area contributed by atoms with E-state index in [2.05, 4.69) is 0 Å². The zero-order valence-corrected chi connectivity index (χ0v) is 6.97. The van der Waals surface area contributed by atoms with E-state index in [0.29, 0.717) is 0 Å². The quantitative estimate of drug-likeness (QED) is 0.597. The Bertz CT molecular complexity index is 157. The number of rotatable bonds is 1. The van der Waals surface area contributed by atoms with E-state index in [1.54, 1.807) is 0 Å². The van der Waals surface area contributed by atoms with Crippen molar-refractivity contribution in [1.82, 2.24) is 0 Å². The van der Waals surface area contributed by atoms with Crippen molar-refractivity contribution in [3.8, 4) is 0 Å². The van der Waals surface area contributed by atoms with Gasteiger partial charge in [-0.15, -0.1) is 0 Å². The Labute approximate surface area is 67.8 Å². The molecule has 0 unspecified atom stereocenters. The molecule has 2 fully saturated rings. The predicted molar refractivity (Wildman–Crippen MR) is 44.2 cm³/mol. The second-order valence-corrected chi connectivity index (χ2v) is 4.25. The number of hydrogen-bond acceptors (Lipinski definition) is 2. The zero-order valence-electron chi connectivity index (χ0n) is 6.97. The van der Waals surface area contributed by atoms with E-state index in [1.165, 1.54) is 19.3 Å². The Morgan fingerprint density at radius 1 is 0.909 bits per heavy atom. The maximum absolute atomic E-state index is 9.89. The molecule has 2 saturated carbocycles. The van der Waals surface area contributed by atoms with Gasteiger partial charge in [0.25, 0.3) is 0 Å². The molecule has 2 aliphatic carbocycles. The number of aliphatic hydroxyl groups is 1. The summed E-state index contributed by atoms with van der Waals surface area (Å²) in [6, 6.07) is 0. The van der Waals surface area contributed by atoms with Crippen LogP contribution in [0.4, 0.5) is 0 Å². The highest BCUT2D eigenvalue weighted by Gasteiger charge is 2.55. The molecule has 2 aliphatic rings. The van der Waals surface area contributed by atoms with Crippen molar-refractivity contribution in [2.24, 2.45) is 5.73 Å². The molecular weight excluding hydrogens is 138 g/mol. The molecule has 0 bridgehead atoms. The SMILES string of the molecule is NC1(C2(O)CC2)CCCCC1. The van der Waals surface area contributed by atoms with Crippen LogP contribution < -0.4 is 5.73 Å². The van der Waals surface area contributed by atoms with Crippen LogP contribution in [0, 0.1) is 0 Å². The fourth-order valence-corrected chi connectivity index (χ4v) is 2.26. The molecular formula is C9H17NO. The van der Waals surface area contributed by atoms with E-state index in [9.17, 15) is 5.11 Å². The van der Waals surface area contributed by atoms with Crippen molar-refractivity contribution >= 4 is 0 Å². The van der Waals surface area contributed by atoms with Gasteiger partial charge in [-0.25, -0.2) is 0 Å². The topological polar surface area (TPSA) is 46.2 Å². The van der Waals surface area contributed by atoms with Crippen LogP contribution in [-0.2, 0) is 0 Å². The molecule has 2 nitrogen and oxygen atoms in total. The number of nitrogens with two attached hydrogens (primary N) is 1. The Kier molecular flexibility index (Phi) is 1.52. The van der Waals surface area contributed by atoms with Crippen LogP contribution in [0.2, 0.25) is 0 Å². The maximum Gasteiger partial charge on any atom is 0.0828 e. The molecule has 0 atom stereocenters. The third kappa shape index (κ3) is 1.09. The first-order valence-corrected chi connectivity index (χ1v) is 4.68. The fourth-order valence-electron chi connectivity index (χ4n) is 2.26. The highest BCUT2D eigenvalue weighted by molar-refractivity contribution is 5.13. The lowest BCUT2D eigenvalue weighted by molar-refractivity contribution is 0.0361. The minimum atomic E-state index is -0.465. The van der Waals surface area contributed by atoms with Gasteiger partial charge in [0.2, 0.25) is 0 Å². The van der Waals surface area contributed by atoms with Crippen molar-refractivity contribution in [3.63, 3.8) is 0 Å². The standard InChI is InChI=1S/C9H17NO/c10-8(9(11)6-7-9)4-2-1-3-5-8/h11H,1-7,10H2. The van der Waals surface area contributed by atoms with Gasteiger partial charge in [-0.05, 0) is 25.7 Å². The summed E-state index contributed by atoms with van der Waals surface area (Å²) < 4.78 is 0. The van der Waals surface area contributed by atoms with Crippen molar-refractivity contribution < 1.29 is 5.11 Å². The lowest BCUT2D eigenvalue weighted by atomic mass is 9.77. The Hall–Kier alpha value is -0.0800. The number of hydrogen-bond donors (Lipinski definition) is 2. The molecule has 0 aromatic rings. The van der Waals surface area contributed by atoms with Gasteiger partial charge in [0, 0.05) is 5.54 Å². The Balaban J connectivity index is 2.07. The lowest BCUT2D eigenvalue weighted by Gasteiger charge is -2.38. The molecule has 0 saturated heterocycles. The molecule has 0 heterocycles. The highest BCUT2D eigenvalue weighted by Crippen LogP contribution is 2.49. The van der Waals surface area contributed by atoms with Crippen LogP contribution in [0.15, 0.2) is 0 Å². The minimum Gasteiger partial charge on any atom is -0.388 e. The summed E-state index contributed by atoms with van der Waals surface area (Å²) in [5, 5.41) is 9.89. The van der Waals surface area contributed by atoms with Gasteiger partial charge >= 0.3 is 0 Å². The van der Waals surface area contributed by atoms with Crippen molar-refractivity contribution in [2.45, 2.75) is 56.1 Å². The maximum atomic E-state index is 9.89. The second kappa shape index (κ2) is 2.20. The molecule has 2 rings (SSSR count). The second-order valence-electron chi connectivity index (χ2n) is 4.25. The zero-order chi connectivity index (χ0) is 7.95. The van der Waals surface area contributed by atoms with Gasteiger partial charge in [0.05, 0.1) is 5.60 Å². The van der Waals surface area contributed by atoms with Crippen LogP contribution in [0.1, 0.15) is 44.9 Å². The molecule has 0 aromatic heterocycles. The summed E-state index contributed by atoms with van der Waals surface area (Å²) in [7, 11) is 0. The average molecular weight is 155 g/mol. The van der Waals surface area contributed by atoms with Gasteiger partial charge in [0.15, 0.2) is 0 Å². The summed E-state index contributed by atoms with van der Waals surface area (Å²) in [5.74, 6) is 0.